The Labute approximate surface area is 128 Å². The Hall–Kier alpha value is -1.35. The van der Waals surface area contributed by atoms with Gasteiger partial charge in [0, 0.05) is 12.1 Å². The highest BCUT2D eigenvalue weighted by Gasteiger charge is 2.14. The molecule has 1 aromatic rings. The van der Waals surface area contributed by atoms with Gasteiger partial charge in [-0.15, -0.1) is 0 Å². The van der Waals surface area contributed by atoms with Crippen LogP contribution in [0.15, 0.2) is 30.3 Å². The minimum Gasteiger partial charge on any atom is -0.352 e. The molecule has 1 aromatic carbocycles. The molecule has 3 nitrogen and oxygen atoms in total. The average molecular weight is 288 g/mol. The first kappa shape index (κ1) is 16.0. The van der Waals surface area contributed by atoms with Gasteiger partial charge in [-0.25, -0.2) is 0 Å². The van der Waals surface area contributed by atoms with E-state index in [0.29, 0.717) is 12.6 Å². The molecular weight excluding hydrogens is 260 g/mol. The monoisotopic (exact) mass is 288 g/mol. The van der Waals surface area contributed by atoms with Crippen LogP contribution in [0.3, 0.4) is 0 Å². The molecule has 0 radical (unpaired) electrons. The lowest BCUT2D eigenvalue weighted by Gasteiger charge is -2.22. The van der Waals surface area contributed by atoms with Crippen LogP contribution >= 0.6 is 0 Å². The molecule has 1 saturated carbocycles. The van der Waals surface area contributed by atoms with Gasteiger partial charge in [0.05, 0.1) is 6.54 Å². The lowest BCUT2D eigenvalue weighted by Crippen LogP contribution is -2.41. The fourth-order valence-corrected chi connectivity index (χ4v) is 2.98. The maximum atomic E-state index is 12.1. The van der Waals surface area contributed by atoms with Gasteiger partial charge >= 0.3 is 0 Å². The zero-order valence-corrected chi connectivity index (χ0v) is 13.1. The van der Waals surface area contributed by atoms with Crippen LogP contribution in [0.25, 0.3) is 0 Å². The topological polar surface area (TPSA) is 41.1 Å². The molecule has 116 valence electrons. The van der Waals surface area contributed by atoms with E-state index < -0.39 is 0 Å². The van der Waals surface area contributed by atoms with Gasteiger partial charge in [-0.1, -0.05) is 62.4 Å². The molecule has 0 bridgehead atoms. The second-order valence-electron chi connectivity index (χ2n) is 6.12. The molecule has 1 fully saturated rings. The summed E-state index contributed by atoms with van der Waals surface area (Å²) in [5.41, 5.74) is 1.22. The first-order chi connectivity index (χ1) is 10.3. The summed E-state index contributed by atoms with van der Waals surface area (Å²) in [4.78, 5) is 12.1. The normalized spacial score (nSPS) is 18.5. The minimum absolute atomic E-state index is 0.128. The molecule has 0 heterocycles. The van der Waals surface area contributed by atoms with Crippen molar-refractivity contribution in [1.82, 2.24) is 10.6 Å². The molecule has 1 aliphatic rings. The van der Waals surface area contributed by atoms with Crippen LogP contribution in [0.5, 0.6) is 0 Å². The summed E-state index contributed by atoms with van der Waals surface area (Å²) in [5, 5.41) is 6.50. The van der Waals surface area contributed by atoms with E-state index in [2.05, 4.69) is 29.7 Å². The maximum Gasteiger partial charge on any atom is 0.234 e. The number of carbonyl (C=O) groups is 1. The Balaban J connectivity index is 1.71. The molecule has 2 rings (SSSR count). The molecule has 0 saturated heterocycles. The van der Waals surface area contributed by atoms with Crippen molar-refractivity contribution in [3.8, 4) is 0 Å². The van der Waals surface area contributed by atoms with Crippen molar-refractivity contribution in [3.05, 3.63) is 35.9 Å². The van der Waals surface area contributed by atoms with Crippen LogP contribution in [0.2, 0.25) is 0 Å². The highest BCUT2D eigenvalue weighted by Crippen LogP contribution is 2.17. The summed E-state index contributed by atoms with van der Waals surface area (Å²) in [5.74, 6) is 0.128. The third-order valence-corrected chi connectivity index (χ3v) is 4.34. The molecule has 1 amide bonds. The van der Waals surface area contributed by atoms with Gasteiger partial charge in [-0.2, -0.15) is 0 Å². The van der Waals surface area contributed by atoms with Crippen molar-refractivity contribution in [1.29, 1.82) is 0 Å². The predicted molar refractivity (Wildman–Crippen MR) is 87.1 cm³/mol. The Morgan fingerprint density at radius 3 is 2.38 bits per heavy atom. The summed E-state index contributed by atoms with van der Waals surface area (Å²) in [6.45, 7) is 2.49. The van der Waals surface area contributed by atoms with Gasteiger partial charge < -0.3 is 10.6 Å². The Kier molecular flexibility index (Phi) is 6.74. The van der Waals surface area contributed by atoms with Crippen LogP contribution in [0.1, 0.15) is 63.5 Å². The predicted octanol–water partition coefficient (Wildman–Crippen LogP) is 3.57. The highest BCUT2D eigenvalue weighted by molar-refractivity contribution is 5.78. The molecule has 0 unspecified atom stereocenters. The minimum atomic E-state index is 0.128. The van der Waals surface area contributed by atoms with E-state index in [-0.39, 0.29) is 11.9 Å². The van der Waals surface area contributed by atoms with Gasteiger partial charge in [-0.3, -0.25) is 4.79 Å². The quantitative estimate of drug-likeness (QED) is 0.869. The lowest BCUT2D eigenvalue weighted by molar-refractivity contribution is -0.121. The number of nitrogens with one attached hydrogen (secondary N) is 2. The third kappa shape index (κ3) is 5.88. The summed E-state index contributed by atoms with van der Waals surface area (Å²) in [7, 11) is 0. The van der Waals surface area contributed by atoms with Gasteiger partial charge in [-0.05, 0) is 25.3 Å². The molecule has 1 atom stereocenters. The van der Waals surface area contributed by atoms with E-state index in [0.717, 1.165) is 12.8 Å². The second kappa shape index (κ2) is 8.83. The van der Waals surface area contributed by atoms with Gasteiger partial charge in [0.15, 0.2) is 0 Å². The van der Waals surface area contributed by atoms with Crippen molar-refractivity contribution < 1.29 is 4.79 Å². The number of carbonyl (C=O) groups excluding carboxylic acids is 1. The molecule has 0 aliphatic heterocycles. The van der Waals surface area contributed by atoms with Crippen molar-refractivity contribution in [2.75, 3.05) is 6.54 Å². The van der Waals surface area contributed by atoms with E-state index in [4.69, 9.17) is 0 Å². The Bertz CT molecular complexity index is 410. The first-order valence-electron chi connectivity index (χ1n) is 8.33. The zero-order chi connectivity index (χ0) is 14.9. The van der Waals surface area contributed by atoms with Gasteiger partial charge in [0.25, 0.3) is 0 Å². The summed E-state index contributed by atoms with van der Waals surface area (Å²) >= 11 is 0. The van der Waals surface area contributed by atoms with Crippen LogP contribution < -0.4 is 10.6 Å². The summed E-state index contributed by atoms with van der Waals surface area (Å²) < 4.78 is 0. The molecular formula is C18H28N2O. The Morgan fingerprint density at radius 2 is 1.71 bits per heavy atom. The number of hydrogen-bond acceptors (Lipinski definition) is 2. The van der Waals surface area contributed by atoms with Crippen LogP contribution in [0, 0.1) is 0 Å². The maximum absolute atomic E-state index is 12.1. The fourth-order valence-electron chi connectivity index (χ4n) is 2.98. The smallest absolute Gasteiger partial charge is 0.234 e. The van der Waals surface area contributed by atoms with E-state index in [1.807, 2.05) is 18.2 Å². The SMILES string of the molecule is C[C@@H](NCC(=O)NC1CCCCCCC1)c1ccccc1. The van der Waals surface area contributed by atoms with E-state index >= 15 is 0 Å². The zero-order valence-electron chi connectivity index (χ0n) is 13.1. The lowest BCUT2D eigenvalue weighted by atomic mass is 9.97. The Morgan fingerprint density at radius 1 is 1.10 bits per heavy atom. The molecule has 0 spiro atoms. The average Bonchev–Trinajstić information content (AvgIpc) is 2.48. The van der Waals surface area contributed by atoms with Crippen molar-refractivity contribution in [2.45, 2.75) is 64.0 Å². The van der Waals surface area contributed by atoms with E-state index in [1.54, 1.807) is 0 Å². The van der Waals surface area contributed by atoms with Crippen LogP contribution in [-0.4, -0.2) is 18.5 Å². The fraction of sp³-hybridized carbons (Fsp3) is 0.611. The standard InChI is InChI=1S/C18H28N2O/c1-15(16-10-6-5-7-11-16)19-14-18(21)20-17-12-8-3-2-4-9-13-17/h5-7,10-11,15,17,19H,2-4,8-9,12-14H2,1H3,(H,20,21)/t15-/m1/s1. The van der Waals surface area contributed by atoms with Gasteiger partial charge in [0.1, 0.15) is 0 Å². The third-order valence-electron chi connectivity index (χ3n) is 4.34. The number of amides is 1. The number of rotatable bonds is 5. The molecule has 3 heteroatoms. The van der Waals surface area contributed by atoms with E-state index in [1.165, 1.54) is 37.7 Å². The largest absolute Gasteiger partial charge is 0.352 e. The molecule has 1 aliphatic carbocycles. The molecule has 21 heavy (non-hydrogen) atoms. The molecule has 2 N–H and O–H groups in total. The number of hydrogen-bond donors (Lipinski definition) is 2. The van der Waals surface area contributed by atoms with Crippen molar-refractivity contribution in [2.24, 2.45) is 0 Å². The second-order valence-corrected chi connectivity index (χ2v) is 6.12. The summed E-state index contributed by atoms with van der Waals surface area (Å²) in [6.07, 6.45) is 8.76. The van der Waals surface area contributed by atoms with Crippen LogP contribution in [0.4, 0.5) is 0 Å². The first-order valence-corrected chi connectivity index (χ1v) is 8.33. The summed E-state index contributed by atoms with van der Waals surface area (Å²) in [6, 6.07) is 10.8. The van der Waals surface area contributed by atoms with Crippen LogP contribution in [-0.2, 0) is 4.79 Å². The van der Waals surface area contributed by atoms with E-state index in [9.17, 15) is 4.79 Å². The van der Waals surface area contributed by atoms with Crippen molar-refractivity contribution >= 4 is 5.91 Å². The van der Waals surface area contributed by atoms with Crippen molar-refractivity contribution in [3.63, 3.8) is 0 Å². The highest BCUT2D eigenvalue weighted by atomic mass is 16.1. The molecule has 0 aromatic heterocycles. The van der Waals surface area contributed by atoms with Gasteiger partial charge in [0.2, 0.25) is 5.91 Å². The number of benzene rings is 1.